The minimum Gasteiger partial charge on any atom is -0.345 e. The van der Waals surface area contributed by atoms with E-state index in [0.29, 0.717) is 16.0 Å². The van der Waals surface area contributed by atoms with Crippen LogP contribution in [0, 0.1) is 0 Å². The summed E-state index contributed by atoms with van der Waals surface area (Å²) in [7, 11) is -0.530. The van der Waals surface area contributed by atoms with E-state index in [9.17, 15) is 18.0 Å². The third kappa shape index (κ3) is 3.81. The van der Waals surface area contributed by atoms with Gasteiger partial charge < -0.3 is 4.90 Å². The van der Waals surface area contributed by atoms with Crippen LogP contribution in [-0.2, 0) is 10.0 Å². The number of carbonyl (C=O) groups excluding carboxylic acids is 1. The van der Waals surface area contributed by atoms with E-state index in [1.54, 1.807) is 49.0 Å². The first-order valence-corrected chi connectivity index (χ1v) is 10.9. The van der Waals surface area contributed by atoms with Gasteiger partial charge in [0.2, 0.25) is 0 Å². The predicted molar refractivity (Wildman–Crippen MR) is 112 cm³/mol. The van der Waals surface area contributed by atoms with Crippen molar-refractivity contribution in [3.8, 4) is 0 Å². The van der Waals surface area contributed by atoms with Crippen LogP contribution in [0.5, 0.6) is 0 Å². The number of benzene rings is 2. The molecule has 0 atom stereocenters. The third-order valence-corrected chi connectivity index (χ3v) is 6.50. The maximum absolute atomic E-state index is 12.7. The molecule has 0 spiro atoms. The summed E-state index contributed by atoms with van der Waals surface area (Å²) in [4.78, 5) is 25.5. The summed E-state index contributed by atoms with van der Waals surface area (Å²) < 4.78 is 30.2. The molecule has 0 radical (unpaired) electrons. The largest absolute Gasteiger partial charge is 0.345 e. The maximum atomic E-state index is 12.7. The number of amides is 1. The van der Waals surface area contributed by atoms with Crippen LogP contribution in [0.2, 0.25) is 0 Å². The number of rotatable bonds is 5. The monoisotopic (exact) mass is 419 g/mol. The molecule has 1 heterocycles. The van der Waals surface area contributed by atoms with Gasteiger partial charge in [-0.15, -0.1) is 0 Å². The minimum absolute atomic E-state index is 0.00905. The van der Waals surface area contributed by atoms with Crippen LogP contribution < -0.4 is 9.60 Å². The van der Waals surface area contributed by atoms with E-state index in [1.807, 2.05) is 13.8 Å². The van der Waals surface area contributed by atoms with Gasteiger partial charge in [-0.05, 0) is 56.3 Å². The van der Waals surface area contributed by atoms with E-state index in [0.717, 1.165) is 16.9 Å². The number of hydrogen-bond acceptors (Lipinski definition) is 5. The second-order valence-corrected chi connectivity index (χ2v) is 9.52. The number of fused-ring (bicyclic) bond motifs is 1. The van der Waals surface area contributed by atoms with E-state index in [4.69, 9.17) is 0 Å². The van der Waals surface area contributed by atoms with Gasteiger partial charge in [0.1, 0.15) is 0 Å². The number of anilines is 1. The Labute approximate surface area is 167 Å². The van der Waals surface area contributed by atoms with Crippen LogP contribution in [0.3, 0.4) is 0 Å². The number of nitrogens with one attached hydrogen (secondary N) is 1. The summed E-state index contributed by atoms with van der Waals surface area (Å²) in [6.07, 6.45) is 0. The summed E-state index contributed by atoms with van der Waals surface area (Å²) >= 11 is 1.02. The molecule has 0 saturated carbocycles. The molecule has 148 valence electrons. The molecule has 0 aliphatic heterocycles. The van der Waals surface area contributed by atoms with Crippen molar-refractivity contribution in [3.63, 3.8) is 0 Å². The molecule has 9 heteroatoms. The molecule has 0 fully saturated rings. The van der Waals surface area contributed by atoms with Crippen molar-refractivity contribution in [1.29, 1.82) is 0 Å². The number of sulfonamides is 1. The highest BCUT2D eigenvalue weighted by Crippen LogP contribution is 2.25. The molecule has 1 N–H and O–H groups in total. The molecule has 7 nitrogen and oxygen atoms in total. The minimum atomic E-state index is -3.83. The fraction of sp³-hybridized carbons (Fsp3) is 0.263. The zero-order valence-electron chi connectivity index (χ0n) is 16.0. The molecule has 0 aliphatic carbocycles. The molecule has 0 saturated heterocycles. The van der Waals surface area contributed by atoms with E-state index in [1.165, 1.54) is 17.0 Å². The molecule has 0 bridgehead atoms. The summed E-state index contributed by atoms with van der Waals surface area (Å²) in [5.74, 6) is -0.163. The molecule has 3 aromatic rings. The van der Waals surface area contributed by atoms with Crippen molar-refractivity contribution in [3.05, 3.63) is 57.7 Å². The van der Waals surface area contributed by atoms with Crippen LogP contribution in [0.25, 0.3) is 10.2 Å². The van der Waals surface area contributed by atoms with Crippen molar-refractivity contribution < 1.29 is 13.2 Å². The number of aromatic nitrogens is 1. The van der Waals surface area contributed by atoms with Gasteiger partial charge in [-0.1, -0.05) is 11.3 Å². The summed E-state index contributed by atoms with van der Waals surface area (Å²) in [6.45, 7) is 3.81. The topological polar surface area (TPSA) is 88.5 Å². The van der Waals surface area contributed by atoms with Gasteiger partial charge in [0.25, 0.3) is 15.9 Å². The summed E-state index contributed by atoms with van der Waals surface area (Å²) in [6, 6.07) is 10.9. The lowest BCUT2D eigenvalue weighted by Gasteiger charge is -2.12. The van der Waals surface area contributed by atoms with E-state index < -0.39 is 10.0 Å². The first-order valence-electron chi connectivity index (χ1n) is 8.60. The van der Waals surface area contributed by atoms with Gasteiger partial charge in [0.15, 0.2) is 0 Å². The molecule has 28 heavy (non-hydrogen) atoms. The van der Waals surface area contributed by atoms with Crippen LogP contribution in [0.4, 0.5) is 5.69 Å². The molecule has 0 aliphatic rings. The van der Waals surface area contributed by atoms with Crippen LogP contribution >= 0.6 is 11.3 Å². The van der Waals surface area contributed by atoms with Gasteiger partial charge >= 0.3 is 4.87 Å². The first kappa shape index (κ1) is 20.1. The van der Waals surface area contributed by atoms with Crippen LogP contribution in [0.15, 0.2) is 52.2 Å². The van der Waals surface area contributed by atoms with Crippen molar-refractivity contribution in [2.24, 2.45) is 0 Å². The predicted octanol–water partition coefficient (Wildman–Crippen LogP) is 3.15. The van der Waals surface area contributed by atoms with Crippen LogP contribution in [0.1, 0.15) is 30.2 Å². The number of nitrogens with zero attached hydrogens (tertiary/aromatic N) is 2. The number of hydrogen-bond donors (Lipinski definition) is 1. The smallest absolute Gasteiger partial charge is 0.308 e. The Morgan fingerprint density at radius 2 is 1.75 bits per heavy atom. The lowest BCUT2D eigenvalue weighted by atomic mass is 10.2. The Hall–Kier alpha value is -2.65. The van der Waals surface area contributed by atoms with Crippen LogP contribution in [-0.4, -0.2) is 37.9 Å². The third-order valence-electron chi connectivity index (χ3n) is 4.20. The van der Waals surface area contributed by atoms with Gasteiger partial charge in [0, 0.05) is 31.4 Å². The van der Waals surface area contributed by atoms with E-state index in [-0.39, 0.29) is 21.7 Å². The molecule has 1 amide bonds. The molecular formula is C19H21N3O4S2. The average molecular weight is 420 g/mol. The fourth-order valence-corrected chi connectivity index (χ4v) is 5.04. The molecular weight excluding hydrogens is 398 g/mol. The highest BCUT2D eigenvalue weighted by Gasteiger charge is 2.18. The van der Waals surface area contributed by atoms with E-state index in [2.05, 4.69) is 4.72 Å². The number of thiazole rings is 1. The molecule has 1 aromatic heterocycles. The fourth-order valence-electron chi connectivity index (χ4n) is 2.83. The first-order chi connectivity index (χ1) is 13.1. The zero-order valence-corrected chi connectivity index (χ0v) is 17.6. The highest BCUT2D eigenvalue weighted by atomic mass is 32.2. The SMILES string of the molecule is CC(C)n1c(=O)sc2cc(S(=O)(=O)Nc3ccc(C(=O)N(C)C)cc3)ccc21. The normalized spacial score (nSPS) is 11.8. The lowest BCUT2D eigenvalue weighted by Crippen LogP contribution is -2.21. The molecule has 3 rings (SSSR count). The second kappa shape index (κ2) is 7.40. The Morgan fingerprint density at radius 1 is 1.11 bits per heavy atom. The van der Waals surface area contributed by atoms with Gasteiger partial charge in [-0.25, -0.2) is 8.42 Å². The molecule has 0 unspecified atom stereocenters. The van der Waals surface area contributed by atoms with Gasteiger partial charge in [-0.2, -0.15) is 0 Å². The Morgan fingerprint density at radius 3 is 2.32 bits per heavy atom. The Bertz CT molecular complexity index is 1190. The summed E-state index contributed by atoms with van der Waals surface area (Å²) in [5, 5.41) is 0. The summed E-state index contributed by atoms with van der Waals surface area (Å²) in [5.41, 5.74) is 1.54. The van der Waals surface area contributed by atoms with E-state index >= 15 is 0 Å². The number of carbonyl (C=O) groups is 1. The average Bonchev–Trinajstić information content (AvgIpc) is 2.96. The van der Waals surface area contributed by atoms with Gasteiger partial charge in [0.05, 0.1) is 15.1 Å². The second-order valence-electron chi connectivity index (χ2n) is 6.84. The maximum Gasteiger partial charge on any atom is 0.308 e. The van der Waals surface area contributed by atoms with Crippen molar-refractivity contribution >= 4 is 43.2 Å². The zero-order chi connectivity index (χ0) is 20.6. The molecule has 2 aromatic carbocycles. The van der Waals surface area contributed by atoms with Crippen molar-refractivity contribution in [2.75, 3.05) is 18.8 Å². The van der Waals surface area contributed by atoms with Crippen molar-refractivity contribution in [2.45, 2.75) is 24.8 Å². The Kier molecular flexibility index (Phi) is 5.31. The van der Waals surface area contributed by atoms with Gasteiger partial charge in [-0.3, -0.25) is 18.9 Å². The quantitative estimate of drug-likeness (QED) is 0.688. The standard InChI is InChI=1S/C19H21N3O4S2/c1-12(2)22-16-10-9-15(11-17(16)27-19(22)24)28(25,26)20-14-7-5-13(6-8-14)18(23)21(3)4/h5-12,20H,1-4H3. The lowest BCUT2D eigenvalue weighted by molar-refractivity contribution is 0.0827. The van der Waals surface area contributed by atoms with Crippen molar-refractivity contribution in [1.82, 2.24) is 9.47 Å². The Balaban J connectivity index is 1.91. The highest BCUT2D eigenvalue weighted by molar-refractivity contribution is 7.92.